The lowest BCUT2D eigenvalue weighted by Gasteiger charge is -2.32. The Labute approximate surface area is 146 Å². The monoisotopic (exact) mass is 366 g/mol. The lowest BCUT2D eigenvalue weighted by Crippen LogP contribution is -2.41. The quantitative estimate of drug-likeness (QED) is 0.900. The first-order chi connectivity index (χ1) is 11.4. The molecule has 0 aromatic carbocycles. The average molecular weight is 367 g/mol. The summed E-state index contributed by atoms with van der Waals surface area (Å²) in [6.45, 7) is 3.19. The normalized spacial score (nSPS) is 16.2. The molecule has 0 unspecified atom stereocenters. The highest BCUT2D eigenvalue weighted by Gasteiger charge is 2.30. The predicted octanol–water partition coefficient (Wildman–Crippen LogP) is 2.85. The number of hydrogen-bond donors (Lipinski definition) is 1. The Balaban J connectivity index is 1.62. The summed E-state index contributed by atoms with van der Waals surface area (Å²) < 4.78 is 27.6. The first-order valence-electron chi connectivity index (χ1n) is 7.75. The van der Waals surface area contributed by atoms with Gasteiger partial charge in [0.2, 0.25) is 10.0 Å². The van der Waals surface area contributed by atoms with Crippen LogP contribution in [-0.2, 0) is 10.0 Å². The molecule has 6 nitrogen and oxygen atoms in total. The van der Waals surface area contributed by atoms with Crippen molar-refractivity contribution >= 4 is 33.3 Å². The molecule has 0 bridgehead atoms. The number of rotatable bonds is 4. The van der Waals surface area contributed by atoms with Gasteiger partial charge in [-0.05, 0) is 43.5 Å². The molecular weight excluding hydrogens is 348 g/mol. The van der Waals surface area contributed by atoms with Gasteiger partial charge in [0.25, 0.3) is 0 Å². The fourth-order valence-electron chi connectivity index (χ4n) is 2.71. The molecule has 128 valence electrons. The molecule has 1 fully saturated rings. The lowest BCUT2D eigenvalue weighted by atomic mass is 10.1. The third-order valence-electron chi connectivity index (χ3n) is 4.07. The van der Waals surface area contributed by atoms with Gasteiger partial charge >= 0.3 is 0 Å². The van der Waals surface area contributed by atoms with Crippen LogP contribution in [0.1, 0.15) is 18.4 Å². The molecule has 24 heavy (non-hydrogen) atoms. The molecule has 0 atom stereocenters. The van der Waals surface area contributed by atoms with E-state index >= 15 is 0 Å². The number of aromatic nitrogens is 2. The maximum absolute atomic E-state index is 12.5. The minimum atomic E-state index is -3.44. The highest BCUT2D eigenvalue weighted by Crippen LogP contribution is 2.23. The van der Waals surface area contributed by atoms with Crippen LogP contribution in [0.25, 0.3) is 0 Å². The van der Waals surface area contributed by atoms with E-state index in [2.05, 4.69) is 19.6 Å². The summed E-state index contributed by atoms with van der Waals surface area (Å²) in [4.78, 5) is 10.5. The Morgan fingerprint density at radius 1 is 1.12 bits per heavy atom. The highest BCUT2D eigenvalue weighted by molar-refractivity contribution is 7.93. The largest absolute Gasteiger partial charge is 0.357 e. The second-order valence-electron chi connectivity index (χ2n) is 5.89. The molecule has 1 aliphatic rings. The van der Waals surface area contributed by atoms with E-state index in [0.29, 0.717) is 36.8 Å². The number of hydrogen-bond acceptors (Lipinski definition) is 5. The Morgan fingerprint density at radius 2 is 1.88 bits per heavy atom. The van der Waals surface area contributed by atoms with Crippen molar-refractivity contribution in [3.8, 4) is 0 Å². The third kappa shape index (κ3) is 3.96. The van der Waals surface area contributed by atoms with E-state index in [4.69, 9.17) is 11.6 Å². The third-order valence-corrected chi connectivity index (χ3v) is 6.14. The van der Waals surface area contributed by atoms with Crippen LogP contribution in [0.15, 0.2) is 36.7 Å². The second-order valence-corrected chi connectivity index (χ2v) is 8.29. The Hall–Kier alpha value is -1.86. The summed E-state index contributed by atoms with van der Waals surface area (Å²) in [6, 6.07) is 7.16. The standard InChI is InChI=1S/C16H19ClN4O2S/c1-12-2-4-15(18-10-12)20-24(22,23)14-6-8-21(9-7-14)16-5-3-13(17)11-19-16/h2-5,10-11,14H,6-9H2,1H3,(H,18,20). The number of piperidine rings is 1. The fourth-order valence-corrected chi connectivity index (χ4v) is 4.23. The summed E-state index contributed by atoms with van der Waals surface area (Å²) in [7, 11) is -3.44. The van der Waals surface area contributed by atoms with E-state index in [1.54, 1.807) is 24.5 Å². The Kier molecular flexibility index (Phi) is 4.91. The molecule has 2 aromatic heterocycles. The van der Waals surface area contributed by atoms with E-state index in [1.165, 1.54) is 0 Å². The molecule has 1 N–H and O–H groups in total. The van der Waals surface area contributed by atoms with Crippen LogP contribution in [0.2, 0.25) is 5.02 Å². The first kappa shape index (κ1) is 17.0. The number of anilines is 2. The lowest BCUT2D eigenvalue weighted by molar-refractivity contribution is 0.531. The molecular formula is C16H19ClN4O2S. The molecule has 0 spiro atoms. The maximum Gasteiger partial charge on any atom is 0.236 e. The number of aryl methyl sites for hydroxylation is 1. The van der Waals surface area contributed by atoms with Crippen molar-refractivity contribution in [2.24, 2.45) is 0 Å². The van der Waals surface area contributed by atoms with E-state index in [-0.39, 0.29) is 0 Å². The van der Waals surface area contributed by atoms with Crippen LogP contribution in [0, 0.1) is 6.92 Å². The molecule has 8 heteroatoms. The van der Waals surface area contributed by atoms with Gasteiger partial charge in [-0.2, -0.15) is 0 Å². The van der Waals surface area contributed by atoms with Gasteiger partial charge in [0, 0.05) is 25.5 Å². The molecule has 2 aromatic rings. The second kappa shape index (κ2) is 6.94. The van der Waals surface area contributed by atoms with Crippen molar-refractivity contribution in [2.75, 3.05) is 22.7 Å². The number of halogens is 1. The predicted molar refractivity (Wildman–Crippen MR) is 96.0 cm³/mol. The van der Waals surface area contributed by atoms with E-state index in [0.717, 1.165) is 11.4 Å². The van der Waals surface area contributed by atoms with Gasteiger partial charge in [-0.25, -0.2) is 18.4 Å². The van der Waals surface area contributed by atoms with Crippen molar-refractivity contribution in [1.82, 2.24) is 9.97 Å². The van der Waals surface area contributed by atoms with Gasteiger partial charge < -0.3 is 4.90 Å². The van der Waals surface area contributed by atoms with Crippen LogP contribution < -0.4 is 9.62 Å². The zero-order valence-corrected chi connectivity index (χ0v) is 14.9. The van der Waals surface area contributed by atoms with Crippen LogP contribution in [0.5, 0.6) is 0 Å². The van der Waals surface area contributed by atoms with Gasteiger partial charge in [0.15, 0.2) is 0 Å². The van der Waals surface area contributed by atoms with Crippen molar-refractivity contribution < 1.29 is 8.42 Å². The molecule has 1 saturated heterocycles. The number of sulfonamides is 1. The Bertz CT molecular complexity index is 786. The molecule has 0 amide bonds. The minimum absolute atomic E-state index is 0.363. The van der Waals surface area contributed by atoms with Gasteiger partial charge in [-0.15, -0.1) is 0 Å². The fraction of sp³-hybridized carbons (Fsp3) is 0.375. The van der Waals surface area contributed by atoms with Gasteiger partial charge in [-0.1, -0.05) is 17.7 Å². The first-order valence-corrected chi connectivity index (χ1v) is 9.67. The van der Waals surface area contributed by atoms with Crippen LogP contribution in [0.4, 0.5) is 11.6 Å². The van der Waals surface area contributed by atoms with E-state index in [1.807, 2.05) is 19.1 Å². The van der Waals surface area contributed by atoms with Gasteiger partial charge in [-0.3, -0.25) is 4.72 Å². The van der Waals surface area contributed by atoms with Crippen molar-refractivity contribution in [1.29, 1.82) is 0 Å². The van der Waals surface area contributed by atoms with Crippen molar-refractivity contribution in [2.45, 2.75) is 25.0 Å². The summed E-state index contributed by atoms with van der Waals surface area (Å²) in [5.74, 6) is 1.19. The maximum atomic E-state index is 12.5. The van der Waals surface area contributed by atoms with Gasteiger partial charge in [0.05, 0.1) is 10.3 Å². The number of pyridine rings is 2. The topological polar surface area (TPSA) is 75.2 Å². The van der Waals surface area contributed by atoms with Crippen LogP contribution in [0.3, 0.4) is 0 Å². The van der Waals surface area contributed by atoms with E-state index < -0.39 is 15.3 Å². The molecule has 0 radical (unpaired) electrons. The van der Waals surface area contributed by atoms with Crippen LogP contribution >= 0.6 is 11.6 Å². The van der Waals surface area contributed by atoms with Gasteiger partial charge in [0.1, 0.15) is 11.6 Å². The minimum Gasteiger partial charge on any atom is -0.357 e. The smallest absolute Gasteiger partial charge is 0.236 e. The summed E-state index contributed by atoms with van der Waals surface area (Å²) >= 11 is 5.85. The molecule has 1 aliphatic heterocycles. The molecule has 0 aliphatic carbocycles. The summed E-state index contributed by atoms with van der Waals surface area (Å²) in [6.07, 6.45) is 4.34. The number of nitrogens with zero attached hydrogens (tertiary/aromatic N) is 3. The average Bonchev–Trinajstić information content (AvgIpc) is 2.58. The molecule has 3 rings (SSSR count). The van der Waals surface area contributed by atoms with Crippen molar-refractivity contribution in [3.63, 3.8) is 0 Å². The Morgan fingerprint density at radius 3 is 2.46 bits per heavy atom. The highest BCUT2D eigenvalue weighted by atomic mass is 35.5. The number of nitrogens with one attached hydrogen (secondary N) is 1. The molecule has 3 heterocycles. The van der Waals surface area contributed by atoms with Crippen LogP contribution in [-0.4, -0.2) is 36.7 Å². The SMILES string of the molecule is Cc1ccc(NS(=O)(=O)C2CCN(c3ccc(Cl)cn3)CC2)nc1. The van der Waals surface area contributed by atoms with Crippen molar-refractivity contribution in [3.05, 3.63) is 47.2 Å². The van der Waals surface area contributed by atoms with E-state index in [9.17, 15) is 8.42 Å². The zero-order valence-electron chi connectivity index (χ0n) is 13.3. The molecule has 0 saturated carbocycles. The zero-order chi connectivity index (χ0) is 17.2. The summed E-state index contributed by atoms with van der Waals surface area (Å²) in [5.41, 5.74) is 0.988. The summed E-state index contributed by atoms with van der Waals surface area (Å²) in [5, 5.41) is 0.162.